The molecular formula is C49H63F2N17O6. The molecule has 0 spiro atoms. The molecule has 1 aliphatic rings. The van der Waals surface area contributed by atoms with Crippen molar-refractivity contribution in [2.75, 3.05) is 19.6 Å². The Hall–Kier alpha value is -8.77. The first-order valence-corrected chi connectivity index (χ1v) is 24.0. The zero-order valence-corrected chi connectivity index (χ0v) is 40.5. The molecule has 0 aliphatic carbocycles. The van der Waals surface area contributed by atoms with Gasteiger partial charge in [-0.25, -0.2) is 8.78 Å². The molecule has 6 amide bonds. The van der Waals surface area contributed by atoms with Crippen molar-refractivity contribution < 1.29 is 37.5 Å². The molecule has 74 heavy (non-hydrogen) atoms. The molecule has 20 N–H and O–H groups in total. The zero-order chi connectivity index (χ0) is 53.3. The number of aromatic nitrogens is 2. The number of aliphatic imine (C=N–C) groups is 3. The Kier molecular flexibility index (Phi) is 19.2. The number of fused-ring (bicyclic) bond motifs is 2. The summed E-state index contributed by atoms with van der Waals surface area (Å²) in [6, 6.07) is 8.21. The van der Waals surface area contributed by atoms with Gasteiger partial charge in [-0.05, 0) is 91.6 Å². The maximum absolute atomic E-state index is 14.9. The predicted molar refractivity (Wildman–Crippen MR) is 275 cm³/mol. The minimum atomic E-state index is -1.48. The average molecular weight is 1020 g/mol. The first-order valence-electron chi connectivity index (χ1n) is 24.0. The van der Waals surface area contributed by atoms with Gasteiger partial charge in [0.15, 0.2) is 17.9 Å². The highest BCUT2D eigenvalue weighted by Crippen LogP contribution is 2.23. The van der Waals surface area contributed by atoms with Gasteiger partial charge < -0.3 is 76.3 Å². The Bertz CT molecular complexity index is 2770. The van der Waals surface area contributed by atoms with E-state index in [0.29, 0.717) is 38.5 Å². The maximum atomic E-state index is 14.9. The van der Waals surface area contributed by atoms with E-state index < -0.39 is 83.3 Å². The SMILES string of the molecule is NC(N)=NCCC[C@@H]1NC(=O)[C@H](CCCN=C(N)N)NC(=O)[C@H](Cc2c[nH]c3ccc(F)cc23)NC(=O)[C@H](Cc2ccccc2)NC(=O)[C@H](Cc2c[nH]c3ccc(F)cc23)NC(=O)[C@H](CCCN=C(N)N)NC1=O. The van der Waals surface area contributed by atoms with Gasteiger partial charge in [-0.15, -0.1) is 0 Å². The molecule has 0 saturated carbocycles. The molecule has 25 heteroatoms. The minimum absolute atomic E-state index is 0.0428. The third kappa shape index (κ3) is 15.9. The zero-order valence-electron chi connectivity index (χ0n) is 40.5. The van der Waals surface area contributed by atoms with Gasteiger partial charge in [0.1, 0.15) is 47.9 Å². The number of carbonyl (C=O) groups is 6. The lowest BCUT2D eigenvalue weighted by Crippen LogP contribution is -2.62. The Morgan fingerprint density at radius 1 is 0.432 bits per heavy atom. The average Bonchev–Trinajstić information content (AvgIpc) is 3.95. The number of hydrogen-bond acceptors (Lipinski definition) is 9. The third-order valence-electron chi connectivity index (χ3n) is 12.2. The highest BCUT2D eigenvalue weighted by molar-refractivity contribution is 5.99. The predicted octanol–water partition coefficient (Wildman–Crippen LogP) is -0.961. The van der Waals surface area contributed by atoms with Crippen molar-refractivity contribution in [3.63, 3.8) is 0 Å². The van der Waals surface area contributed by atoms with Gasteiger partial charge >= 0.3 is 0 Å². The monoisotopic (exact) mass is 1020 g/mol. The number of nitrogens with two attached hydrogens (primary N) is 6. The molecule has 6 atom stereocenters. The summed E-state index contributed by atoms with van der Waals surface area (Å²) in [6.45, 7) is 0.129. The molecule has 3 aromatic carbocycles. The van der Waals surface area contributed by atoms with Crippen molar-refractivity contribution in [2.24, 2.45) is 49.4 Å². The normalized spacial score (nSPS) is 20.2. The van der Waals surface area contributed by atoms with Gasteiger partial charge in [0.25, 0.3) is 0 Å². The van der Waals surface area contributed by atoms with E-state index in [4.69, 9.17) is 34.4 Å². The molecule has 0 bridgehead atoms. The minimum Gasteiger partial charge on any atom is -0.370 e. The van der Waals surface area contributed by atoms with E-state index in [1.54, 1.807) is 42.7 Å². The molecular weight excluding hydrogens is 961 g/mol. The van der Waals surface area contributed by atoms with Gasteiger partial charge in [-0.3, -0.25) is 43.7 Å². The number of nitrogens with zero attached hydrogens (tertiary/aromatic N) is 3. The van der Waals surface area contributed by atoms with Gasteiger partial charge in [0, 0.05) is 73.1 Å². The number of aromatic amines is 2. The molecule has 3 heterocycles. The summed E-state index contributed by atoms with van der Waals surface area (Å²) in [7, 11) is 0. The van der Waals surface area contributed by atoms with Crippen LogP contribution in [0.15, 0.2) is 94.1 Å². The Labute approximate surface area is 423 Å². The van der Waals surface area contributed by atoms with E-state index >= 15 is 0 Å². The molecule has 1 saturated heterocycles. The van der Waals surface area contributed by atoms with Crippen LogP contribution in [0.3, 0.4) is 0 Å². The molecule has 1 aliphatic heterocycles. The van der Waals surface area contributed by atoms with Crippen molar-refractivity contribution in [2.45, 2.75) is 94.0 Å². The molecule has 0 unspecified atom stereocenters. The quantitative estimate of drug-likeness (QED) is 0.0287. The fourth-order valence-electron chi connectivity index (χ4n) is 8.51. The third-order valence-corrected chi connectivity index (χ3v) is 12.2. The van der Waals surface area contributed by atoms with E-state index in [1.165, 1.54) is 36.4 Å². The summed E-state index contributed by atoms with van der Waals surface area (Å²) in [4.78, 5) is 106. The largest absolute Gasteiger partial charge is 0.370 e. The van der Waals surface area contributed by atoms with Crippen LogP contribution in [0, 0.1) is 11.6 Å². The lowest BCUT2D eigenvalue weighted by molar-refractivity contribution is -0.136. The van der Waals surface area contributed by atoms with Crippen molar-refractivity contribution >= 4 is 75.1 Å². The topological polar surface area (TPSA) is 399 Å². The van der Waals surface area contributed by atoms with Crippen LogP contribution >= 0.6 is 0 Å². The van der Waals surface area contributed by atoms with Crippen molar-refractivity contribution in [1.82, 2.24) is 41.9 Å². The lowest BCUT2D eigenvalue weighted by atomic mass is 9.99. The Balaban J connectivity index is 1.46. The number of hydrogen-bond donors (Lipinski definition) is 14. The second kappa shape index (κ2) is 26.1. The van der Waals surface area contributed by atoms with Crippen LogP contribution in [0.25, 0.3) is 21.8 Å². The Morgan fingerprint density at radius 3 is 1.11 bits per heavy atom. The number of benzene rings is 3. The number of halogens is 2. The van der Waals surface area contributed by atoms with Crippen LogP contribution in [0.5, 0.6) is 0 Å². The smallest absolute Gasteiger partial charge is 0.243 e. The number of rotatable bonds is 18. The molecule has 394 valence electrons. The number of nitrogens with one attached hydrogen (secondary N) is 8. The standard InChI is InChI=1S/C49H63F2N17O6/c50-29-12-14-33-31(22-29)27(24-61-33)20-39-45(73)65-36(10-5-17-59-48(54)55)42(70)63-35(9-4-16-58-47(52)53)41(69)64-37(11-6-18-60-49(56)57)43(71)67-40(21-28-25-62-34-15-13-30(51)23-32(28)34)46(74)66-38(44(72)68-39)19-26-7-2-1-3-8-26/h1-3,7-8,12-15,22-25,35-40,61-62H,4-6,9-11,16-21H2,(H,63,70)(H,64,69)(H,65,73)(H,66,74)(H,67,71)(H,68,72)(H4,52,53,58)(H4,54,55,59)(H4,56,57,60)/t35-,36-,37-,38-,39-,40-/m0/s1. The summed E-state index contributed by atoms with van der Waals surface area (Å²) < 4.78 is 29.4. The highest BCUT2D eigenvalue weighted by Gasteiger charge is 2.36. The molecule has 1 fully saturated rings. The van der Waals surface area contributed by atoms with Gasteiger partial charge in [-0.2, -0.15) is 0 Å². The fraction of sp³-hybridized carbons (Fsp3) is 0.367. The lowest BCUT2D eigenvalue weighted by Gasteiger charge is -2.29. The van der Waals surface area contributed by atoms with Crippen LogP contribution in [-0.2, 0) is 48.0 Å². The summed E-state index contributed by atoms with van der Waals surface area (Å²) in [6.07, 6.45) is 2.71. The summed E-state index contributed by atoms with van der Waals surface area (Å²) >= 11 is 0. The van der Waals surface area contributed by atoms with Crippen molar-refractivity contribution in [3.05, 3.63) is 107 Å². The molecule has 5 aromatic rings. The second-order valence-corrected chi connectivity index (χ2v) is 17.8. The molecule has 0 radical (unpaired) electrons. The van der Waals surface area contributed by atoms with E-state index in [1.807, 2.05) is 0 Å². The number of H-pyrrole nitrogens is 2. The van der Waals surface area contributed by atoms with Gasteiger partial charge in [0.05, 0.1) is 0 Å². The molecule has 2 aromatic heterocycles. The summed E-state index contributed by atoms with van der Waals surface area (Å²) in [5, 5.41) is 17.3. The molecule has 23 nitrogen and oxygen atoms in total. The number of guanidine groups is 3. The van der Waals surface area contributed by atoms with E-state index in [2.05, 4.69) is 56.8 Å². The van der Waals surface area contributed by atoms with Crippen molar-refractivity contribution in [1.29, 1.82) is 0 Å². The second-order valence-electron chi connectivity index (χ2n) is 17.8. The molecule has 6 rings (SSSR count). The highest BCUT2D eigenvalue weighted by atomic mass is 19.1. The van der Waals surface area contributed by atoms with Crippen LogP contribution < -0.4 is 66.3 Å². The van der Waals surface area contributed by atoms with E-state index in [-0.39, 0.29) is 95.3 Å². The number of amides is 6. The van der Waals surface area contributed by atoms with Gasteiger partial charge in [0.2, 0.25) is 35.4 Å². The summed E-state index contributed by atoms with van der Waals surface area (Å²) in [5.74, 6) is -6.83. The van der Waals surface area contributed by atoms with Crippen molar-refractivity contribution in [3.8, 4) is 0 Å². The van der Waals surface area contributed by atoms with E-state index in [0.717, 1.165) is 0 Å². The van der Waals surface area contributed by atoms with Crippen LogP contribution in [0.2, 0.25) is 0 Å². The first-order chi connectivity index (χ1) is 35.4. The number of carbonyl (C=O) groups excluding carboxylic acids is 6. The Morgan fingerprint density at radius 2 is 0.757 bits per heavy atom. The van der Waals surface area contributed by atoms with Crippen LogP contribution in [0.1, 0.15) is 55.2 Å². The van der Waals surface area contributed by atoms with E-state index in [9.17, 15) is 37.5 Å². The first kappa shape index (κ1) is 54.6. The van der Waals surface area contributed by atoms with Crippen LogP contribution in [-0.4, -0.2) is 119 Å². The van der Waals surface area contributed by atoms with Gasteiger partial charge in [-0.1, -0.05) is 30.3 Å². The maximum Gasteiger partial charge on any atom is 0.243 e. The summed E-state index contributed by atoms with van der Waals surface area (Å²) in [5.41, 5.74) is 35.9. The fourth-order valence-corrected chi connectivity index (χ4v) is 8.51. The van der Waals surface area contributed by atoms with Crippen LogP contribution in [0.4, 0.5) is 8.78 Å².